The molecule has 202 valence electrons. The van der Waals surface area contributed by atoms with E-state index in [4.69, 9.17) is 9.47 Å². The average molecular weight is 533 g/mol. The monoisotopic (exact) mass is 532 g/mol. The molecule has 0 saturated heterocycles. The van der Waals surface area contributed by atoms with Crippen LogP contribution in [0.25, 0.3) is 22.3 Å². The van der Waals surface area contributed by atoms with Gasteiger partial charge in [-0.15, -0.1) is 0 Å². The molecule has 6 heteroatoms. The maximum Gasteiger partial charge on any atom is 0.343 e. The van der Waals surface area contributed by atoms with E-state index in [9.17, 15) is 18.0 Å². The Morgan fingerprint density at radius 1 is 0.718 bits per heavy atom. The zero-order valence-corrected chi connectivity index (χ0v) is 22.1. The molecule has 0 heterocycles. The normalized spacial score (nSPS) is 10.9. The lowest BCUT2D eigenvalue weighted by atomic mass is 9.98. The van der Waals surface area contributed by atoms with E-state index in [0.29, 0.717) is 23.5 Å². The molecule has 0 spiro atoms. The molecular weight excluding hydrogens is 501 g/mol. The summed E-state index contributed by atoms with van der Waals surface area (Å²) in [6, 6.07) is 20.1. The van der Waals surface area contributed by atoms with E-state index in [0.717, 1.165) is 31.2 Å². The molecule has 39 heavy (non-hydrogen) atoms. The number of halogens is 3. The zero-order chi connectivity index (χ0) is 27.8. The van der Waals surface area contributed by atoms with Crippen LogP contribution in [0.4, 0.5) is 13.2 Å². The molecule has 0 saturated carbocycles. The summed E-state index contributed by atoms with van der Waals surface area (Å²) in [5, 5.41) is 0. The van der Waals surface area contributed by atoms with Crippen molar-refractivity contribution in [2.45, 2.75) is 46.0 Å². The van der Waals surface area contributed by atoms with E-state index in [-0.39, 0.29) is 22.4 Å². The van der Waals surface area contributed by atoms with Gasteiger partial charge >= 0.3 is 5.97 Å². The number of aryl methyl sites for hydroxylation is 1. The van der Waals surface area contributed by atoms with Gasteiger partial charge in [-0.1, -0.05) is 86.7 Å². The molecule has 4 rings (SSSR count). The maximum atomic E-state index is 15.0. The largest absolute Gasteiger partial charge is 0.493 e. The second-order valence-corrected chi connectivity index (χ2v) is 9.48. The highest BCUT2D eigenvalue weighted by atomic mass is 19.2. The van der Waals surface area contributed by atoms with Gasteiger partial charge in [0.15, 0.2) is 23.2 Å². The average Bonchev–Trinajstić information content (AvgIpc) is 2.94. The molecule has 0 aliphatic heterocycles. The van der Waals surface area contributed by atoms with Crippen LogP contribution in [0.2, 0.25) is 0 Å². The molecule has 0 atom stereocenters. The van der Waals surface area contributed by atoms with Crippen molar-refractivity contribution in [1.82, 2.24) is 0 Å². The van der Waals surface area contributed by atoms with Crippen molar-refractivity contribution in [3.8, 4) is 33.8 Å². The Hall–Kier alpha value is -4.06. The summed E-state index contributed by atoms with van der Waals surface area (Å²) in [5.74, 6) is -3.26. The standard InChI is InChI=1S/C33H31F3O3/c1-3-4-5-6-7-20-38-26-16-19-30(29(34)21-26)39-33(37)25-14-12-24(13-15-25)28-18-17-27(31(35)32(28)36)23-10-8-22(2)9-11-23/h8-19,21H,3-7,20H2,1-2H3. The highest BCUT2D eigenvalue weighted by molar-refractivity contribution is 5.91. The highest BCUT2D eigenvalue weighted by Gasteiger charge is 2.17. The fourth-order valence-electron chi connectivity index (χ4n) is 4.22. The Morgan fingerprint density at radius 2 is 1.31 bits per heavy atom. The topological polar surface area (TPSA) is 35.5 Å². The fraction of sp³-hybridized carbons (Fsp3) is 0.242. The smallest absolute Gasteiger partial charge is 0.343 e. The van der Waals surface area contributed by atoms with E-state index in [1.807, 2.05) is 19.1 Å². The Bertz CT molecular complexity index is 1410. The van der Waals surface area contributed by atoms with Crippen molar-refractivity contribution < 1.29 is 27.4 Å². The van der Waals surface area contributed by atoms with Gasteiger partial charge in [0.25, 0.3) is 0 Å². The minimum atomic E-state index is -0.978. The van der Waals surface area contributed by atoms with Gasteiger partial charge in [0.2, 0.25) is 0 Å². The molecular formula is C33H31F3O3. The fourth-order valence-corrected chi connectivity index (χ4v) is 4.22. The van der Waals surface area contributed by atoms with Crippen LogP contribution < -0.4 is 9.47 Å². The van der Waals surface area contributed by atoms with Gasteiger partial charge in [0.1, 0.15) is 5.75 Å². The van der Waals surface area contributed by atoms with Crippen molar-refractivity contribution in [3.63, 3.8) is 0 Å². The Morgan fingerprint density at radius 3 is 1.90 bits per heavy atom. The minimum Gasteiger partial charge on any atom is -0.493 e. The second kappa shape index (κ2) is 13.1. The summed E-state index contributed by atoms with van der Waals surface area (Å²) in [4.78, 5) is 12.6. The van der Waals surface area contributed by atoms with Crippen LogP contribution in [-0.4, -0.2) is 12.6 Å². The summed E-state index contributed by atoms with van der Waals surface area (Å²) in [6.45, 7) is 4.56. The van der Waals surface area contributed by atoms with Gasteiger partial charge in [-0.05, 0) is 48.7 Å². The van der Waals surface area contributed by atoms with E-state index < -0.39 is 23.4 Å². The number of hydrogen-bond donors (Lipinski definition) is 0. The van der Waals surface area contributed by atoms with Gasteiger partial charge in [0, 0.05) is 17.2 Å². The highest BCUT2D eigenvalue weighted by Crippen LogP contribution is 2.32. The van der Waals surface area contributed by atoms with Crippen molar-refractivity contribution in [1.29, 1.82) is 0 Å². The lowest BCUT2D eigenvalue weighted by Gasteiger charge is -2.11. The molecule has 4 aromatic carbocycles. The molecule has 0 N–H and O–H groups in total. The Labute approximate surface area is 227 Å². The molecule has 0 bridgehead atoms. The number of hydrogen-bond acceptors (Lipinski definition) is 3. The Kier molecular flexibility index (Phi) is 9.42. The van der Waals surface area contributed by atoms with Crippen LogP contribution >= 0.6 is 0 Å². The number of unbranched alkanes of at least 4 members (excludes halogenated alkanes) is 4. The number of carbonyl (C=O) groups excluding carboxylic acids is 1. The predicted molar refractivity (Wildman–Crippen MR) is 148 cm³/mol. The third-order valence-electron chi connectivity index (χ3n) is 6.50. The van der Waals surface area contributed by atoms with E-state index in [2.05, 4.69) is 6.92 Å². The number of esters is 1. The van der Waals surface area contributed by atoms with Gasteiger partial charge in [-0.2, -0.15) is 0 Å². The third kappa shape index (κ3) is 7.08. The third-order valence-corrected chi connectivity index (χ3v) is 6.50. The summed E-state index contributed by atoms with van der Waals surface area (Å²) in [5.41, 5.74) is 2.36. The lowest BCUT2D eigenvalue weighted by molar-refractivity contribution is 0.0727. The lowest BCUT2D eigenvalue weighted by Crippen LogP contribution is -2.09. The molecule has 0 aliphatic rings. The molecule has 0 fully saturated rings. The van der Waals surface area contributed by atoms with Crippen LogP contribution in [0.5, 0.6) is 11.5 Å². The molecule has 0 amide bonds. The predicted octanol–water partition coefficient (Wildman–Crippen LogP) is 9.31. The Balaban J connectivity index is 1.40. The van der Waals surface area contributed by atoms with Crippen LogP contribution in [0.3, 0.4) is 0 Å². The number of benzene rings is 4. The first-order chi connectivity index (χ1) is 18.9. The van der Waals surface area contributed by atoms with Crippen LogP contribution in [0.1, 0.15) is 54.9 Å². The van der Waals surface area contributed by atoms with E-state index in [1.54, 1.807) is 18.2 Å². The van der Waals surface area contributed by atoms with Gasteiger partial charge in [-0.3, -0.25) is 0 Å². The number of ether oxygens (including phenoxy) is 2. The SMILES string of the molecule is CCCCCCCOc1ccc(OC(=O)c2ccc(-c3ccc(-c4ccc(C)cc4)c(F)c3F)cc2)c(F)c1. The van der Waals surface area contributed by atoms with Gasteiger partial charge < -0.3 is 9.47 Å². The first-order valence-corrected chi connectivity index (χ1v) is 13.2. The van der Waals surface area contributed by atoms with Crippen molar-refractivity contribution in [2.75, 3.05) is 6.61 Å². The quantitative estimate of drug-likeness (QED) is 0.110. The van der Waals surface area contributed by atoms with Crippen LogP contribution in [0, 0.1) is 24.4 Å². The van der Waals surface area contributed by atoms with Crippen molar-refractivity contribution in [3.05, 3.63) is 107 Å². The van der Waals surface area contributed by atoms with E-state index >= 15 is 0 Å². The first kappa shape index (κ1) is 28.0. The van der Waals surface area contributed by atoms with Crippen molar-refractivity contribution in [2.24, 2.45) is 0 Å². The minimum absolute atomic E-state index is 0.0651. The molecule has 0 unspecified atom stereocenters. The molecule has 0 aromatic heterocycles. The molecule has 4 aromatic rings. The van der Waals surface area contributed by atoms with E-state index in [1.165, 1.54) is 55.0 Å². The summed E-state index contributed by atoms with van der Waals surface area (Å²) in [6.07, 6.45) is 5.45. The van der Waals surface area contributed by atoms with Crippen LogP contribution in [-0.2, 0) is 0 Å². The van der Waals surface area contributed by atoms with Gasteiger partial charge in [0.05, 0.1) is 12.2 Å². The summed E-state index contributed by atoms with van der Waals surface area (Å²) in [7, 11) is 0. The second-order valence-electron chi connectivity index (χ2n) is 9.48. The first-order valence-electron chi connectivity index (χ1n) is 13.2. The number of rotatable bonds is 11. The molecule has 3 nitrogen and oxygen atoms in total. The maximum absolute atomic E-state index is 15.0. The molecule has 0 radical (unpaired) electrons. The summed E-state index contributed by atoms with van der Waals surface area (Å²) >= 11 is 0. The van der Waals surface area contributed by atoms with Crippen LogP contribution in [0.15, 0.2) is 78.9 Å². The van der Waals surface area contributed by atoms with Crippen molar-refractivity contribution >= 4 is 5.97 Å². The summed E-state index contributed by atoms with van der Waals surface area (Å²) < 4.78 is 55.2. The van der Waals surface area contributed by atoms with Gasteiger partial charge in [-0.25, -0.2) is 18.0 Å². The molecule has 0 aliphatic carbocycles. The zero-order valence-electron chi connectivity index (χ0n) is 22.1. The number of carbonyl (C=O) groups is 1.